The first kappa shape index (κ1) is 20.8. The Morgan fingerprint density at radius 1 is 1.03 bits per heavy atom. The minimum Gasteiger partial charge on any atom is -0.310 e. The van der Waals surface area contributed by atoms with E-state index in [-0.39, 0.29) is 5.56 Å². The lowest BCUT2D eigenvalue weighted by Crippen LogP contribution is -2.41. The molecule has 2 aliphatic rings. The van der Waals surface area contributed by atoms with Crippen molar-refractivity contribution in [3.05, 3.63) is 92.6 Å². The van der Waals surface area contributed by atoms with Crippen LogP contribution >= 0.6 is 11.3 Å². The molecule has 0 spiro atoms. The zero-order valence-corrected chi connectivity index (χ0v) is 19.5. The van der Waals surface area contributed by atoms with Crippen molar-refractivity contribution in [1.29, 1.82) is 0 Å². The molecule has 1 atom stereocenters. The number of benzene rings is 1. The predicted octanol–water partition coefficient (Wildman–Crippen LogP) is 4.10. The Morgan fingerprint density at radius 3 is 2.61 bits per heavy atom. The monoisotopic (exact) mass is 456 g/mol. The molecule has 1 aromatic carbocycles. The summed E-state index contributed by atoms with van der Waals surface area (Å²) < 4.78 is 1.80. The van der Waals surface area contributed by atoms with Crippen LogP contribution < -0.4 is 10.9 Å². The first-order chi connectivity index (χ1) is 16.2. The lowest BCUT2D eigenvalue weighted by atomic mass is 9.92. The number of aryl methyl sites for hydroxylation is 3. The first-order valence-corrected chi connectivity index (χ1v) is 12.8. The summed E-state index contributed by atoms with van der Waals surface area (Å²) in [6.45, 7) is 0.696. The molecular formula is C27H28N4OS. The smallest absolute Gasteiger partial charge is 0.262 e. The highest BCUT2D eigenvalue weighted by atomic mass is 32.1. The van der Waals surface area contributed by atoms with Gasteiger partial charge in [-0.2, -0.15) is 0 Å². The van der Waals surface area contributed by atoms with E-state index >= 15 is 0 Å². The van der Waals surface area contributed by atoms with Crippen LogP contribution in [0.3, 0.4) is 0 Å². The maximum Gasteiger partial charge on any atom is 0.262 e. The van der Waals surface area contributed by atoms with Crippen molar-refractivity contribution in [3.63, 3.8) is 0 Å². The number of nitrogens with zero attached hydrogens (tertiary/aromatic N) is 3. The standard InChI is InChI=1S/C27H28N4OS/c32-27-25-23-8-7-21(30-22-14-19-5-1-2-6-20(19)15-22)16-24(23)33-26(25)29-17-31(27)13-3-4-18-9-11-28-12-10-18/h1-2,5-6,9-12,17,21-22,30H,3-4,7-8,13-16H2. The summed E-state index contributed by atoms with van der Waals surface area (Å²) in [7, 11) is 0. The summed E-state index contributed by atoms with van der Waals surface area (Å²) in [4.78, 5) is 24.3. The third kappa shape index (κ3) is 4.13. The molecule has 0 fully saturated rings. The van der Waals surface area contributed by atoms with E-state index in [1.54, 1.807) is 22.2 Å². The highest BCUT2D eigenvalue weighted by molar-refractivity contribution is 7.18. The molecule has 0 amide bonds. The van der Waals surface area contributed by atoms with Crippen LogP contribution in [0.15, 0.2) is 59.9 Å². The number of pyridine rings is 1. The second kappa shape index (κ2) is 8.84. The SMILES string of the molecule is O=c1c2c3c(sc2ncn1CCCc1ccncc1)CC(NC1Cc2ccccc2C1)CC3. The van der Waals surface area contributed by atoms with E-state index in [4.69, 9.17) is 0 Å². The van der Waals surface area contributed by atoms with Gasteiger partial charge in [-0.15, -0.1) is 11.3 Å². The third-order valence-corrected chi connectivity index (χ3v) is 8.33. The van der Waals surface area contributed by atoms with Gasteiger partial charge in [0, 0.05) is 35.9 Å². The van der Waals surface area contributed by atoms with Gasteiger partial charge < -0.3 is 5.32 Å². The van der Waals surface area contributed by atoms with Crippen molar-refractivity contribution in [2.45, 2.75) is 63.6 Å². The maximum absolute atomic E-state index is 13.3. The summed E-state index contributed by atoms with van der Waals surface area (Å²) in [6.07, 6.45) is 12.5. The summed E-state index contributed by atoms with van der Waals surface area (Å²) >= 11 is 1.72. The Bertz CT molecular complexity index is 1320. The van der Waals surface area contributed by atoms with Crippen molar-refractivity contribution < 1.29 is 0 Å². The molecule has 2 aliphatic carbocycles. The Balaban J connectivity index is 1.15. The van der Waals surface area contributed by atoms with Gasteiger partial charge in [0.2, 0.25) is 0 Å². The van der Waals surface area contributed by atoms with Gasteiger partial charge in [0.15, 0.2) is 0 Å². The maximum atomic E-state index is 13.3. The van der Waals surface area contributed by atoms with E-state index in [1.165, 1.54) is 27.1 Å². The van der Waals surface area contributed by atoms with Gasteiger partial charge in [-0.25, -0.2) is 4.98 Å². The van der Waals surface area contributed by atoms with Gasteiger partial charge in [-0.3, -0.25) is 14.3 Å². The van der Waals surface area contributed by atoms with Crippen LogP contribution in [0.5, 0.6) is 0 Å². The lowest BCUT2D eigenvalue weighted by molar-refractivity contribution is 0.402. The normalized spacial score (nSPS) is 17.9. The Hall–Kier alpha value is -2.83. The van der Waals surface area contributed by atoms with Gasteiger partial charge in [-0.1, -0.05) is 24.3 Å². The van der Waals surface area contributed by atoms with Crippen LogP contribution in [0.1, 0.15) is 40.0 Å². The van der Waals surface area contributed by atoms with Crippen LogP contribution in [0, 0.1) is 0 Å². The summed E-state index contributed by atoms with van der Waals surface area (Å²) in [5.74, 6) is 0. The highest BCUT2D eigenvalue weighted by Crippen LogP contribution is 2.34. The lowest BCUT2D eigenvalue weighted by Gasteiger charge is -2.26. The average molecular weight is 457 g/mol. The van der Waals surface area contributed by atoms with E-state index in [0.717, 1.165) is 55.2 Å². The summed E-state index contributed by atoms with van der Waals surface area (Å²) in [6, 6.07) is 13.9. The Labute approximate surface area is 197 Å². The first-order valence-electron chi connectivity index (χ1n) is 12.0. The van der Waals surface area contributed by atoms with Gasteiger partial charge in [0.05, 0.1) is 11.7 Å². The predicted molar refractivity (Wildman–Crippen MR) is 133 cm³/mol. The number of aromatic nitrogens is 3. The zero-order chi connectivity index (χ0) is 22.2. The molecule has 5 nitrogen and oxygen atoms in total. The fourth-order valence-corrected chi connectivity index (χ4v) is 6.77. The van der Waals surface area contributed by atoms with Crippen molar-refractivity contribution in [2.24, 2.45) is 0 Å². The molecule has 0 saturated carbocycles. The topological polar surface area (TPSA) is 59.8 Å². The molecule has 3 heterocycles. The van der Waals surface area contributed by atoms with Gasteiger partial charge in [0.25, 0.3) is 5.56 Å². The molecule has 0 radical (unpaired) electrons. The zero-order valence-electron chi connectivity index (χ0n) is 18.7. The summed E-state index contributed by atoms with van der Waals surface area (Å²) in [5, 5.41) is 4.79. The van der Waals surface area contributed by atoms with E-state index in [1.807, 2.05) is 24.5 Å². The molecule has 6 heteroatoms. The fourth-order valence-electron chi connectivity index (χ4n) is 5.52. The molecule has 1 N–H and O–H groups in total. The van der Waals surface area contributed by atoms with Crippen LogP contribution in [0.4, 0.5) is 0 Å². The van der Waals surface area contributed by atoms with Crippen molar-refractivity contribution in [2.75, 3.05) is 0 Å². The number of rotatable bonds is 6. The Kier molecular flexibility index (Phi) is 5.56. The third-order valence-electron chi connectivity index (χ3n) is 7.17. The van der Waals surface area contributed by atoms with E-state index in [0.29, 0.717) is 18.6 Å². The number of hydrogen-bond donors (Lipinski definition) is 1. The van der Waals surface area contributed by atoms with Gasteiger partial charge >= 0.3 is 0 Å². The van der Waals surface area contributed by atoms with Crippen LogP contribution in [-0.2, 0) is 38.6 Å². The second-order valence-electron chi connectivity index (χ2n) is 9.37. The molecule has 168 valence electrons. The van der Waals surface area contributed by atoms with E-state index < -0.39 is 0 Å². The second-order valence-corrected chi connectivity index (χ2v) is 10.4. The highest BCUT2D eigenvalue weighted by Gasteiger charge is 2.28. The quantitative estimate of drug-likeness (QED) is 0.475. The Morgan fingerprint density at radius 2 is 1.82 bits per heavy atom. The number of fused-ring (bicyclic) bond motifs is 4. The van der Waals surface area contributed by atoms with Gasteiger partial charge in [0.1, 0.15) is 4.83 Å². The van der Waals surface area contributed by atoms with Gasteiger partial charge in [-0.05, 0) is 79.3 Å². The molecular weight excluding hydrogens is 428 g/mol. The molecule has 6 rings (SSSR count). The van der Waals surface area contributed by atoms with Crippen LogP contribution in [0.2, 0.25) is 0 Å². The average Bonchev–Trinajstić information content (AvgIpc) is 3.41. The number of hydrogen-bond acceptors (Lipinski definition) is 5. The molecule has 0 saturated heterocycles. The number of nitrogens with one attached hydrogen (secondary N) is 1. The number of thiophene rings is 1. The molecule has 3 aromatic heterocycles. The van der Waals surface area contributed by atoms with Crippen LogP contribution in [-0.4, -0.2) is 26.6 Å². The molecule has 0 bridgehead atoms. The minimum absolute atomic E-state index is 0.130. The van der Waals surface area contributed by atoms with Crippen LogP contribution in [0.25, 0.3) is 10.2 Å². The van der Waals surface area contributed by atoms with Crippen molar-refractivity contribution in [1.82, 2.24) is 19.9 Å². The van der Waals surface area contributed by atoms with E-state index in [9.17, 15) is 4.79 Å². The van der Waals surface area contributed by atoms with Crippen molar-refractivity contribution in [3.8, 4) is 0 Å². The molecule has 33 heavy (non-hydrogen) atoms. The van der Waals surface area contributed by atoms with E-state index in [2.05, 4.69) is 39.6 Å². The fraction of sp³-hybridized carbons (Fsp3) is 0.370. The largest absolute Gasteiger partial charge is 0.310 e. The van der Waals surface area contributed by atoms with Crippen molar-refractivity contribution >= 4 is 21.6 Å². The molecule has 1 unspecified atom stereocenters. The molecule has 0 aliphatic heterocycles. The summed E-state index contributed by atoms with van der Waals surface area (Å²) in [5.41, 5.74) is 5.61. The molecule has 4 aromatic rings. The minimum atomic E-state index is 0.130.